The number of hydrogen-bond donors (Lipinski definition) is 1. The van der Waals surface area contributed by atoms with Crippen LogP contribution in [0.1, 0.15) is 17.0 Å². The summed E-state index contributed by atoms with van der Waals surface area (Å²) in [5, 5.41) is 11.9. The standard InChI is InChI=1S/C26H16ClN3O3S/c27-15-7-9-21-17(11-15)24(31)23-22(14-6-8-19-20(10-14)33-13-32-19)18(12-28)25(29)30(26(23)34-21)16-4-2-1-3-5-16/h1-11,22H,13,29H2. The van der Waals surface area contributed by atoms with Crippen LogP contribution in [0.2, 0.25) is 5.02 Å². The third-order valence-electron chi connectivity index (χ3n) is 6.03. The molecule has 0 amide bonds. The smallest absolute Gasteiger partial charge is 0.231 e. The zero-order chi connectivity index (χ0) is 23.4. The van der Waals surface area contributed by atoms with Gasteiger partial charge in [0.2, 0.25) is 6.79 Å². The fourth-order valence-corrected chi connectivity index (χ4v) is 5.89. The van der Waals surface area contributed by atoms with Crippen molar-refractivity contribution in [1.82, 2.24) is 0 Å². The lowest BCUT2D eigenvalue weighted by Gasteiger charge is -2.35. The van der Waals surface area contributed by atoms with Crippen molar-refractivity contribution < 1.29 is 9.47 Å². The molecule has 6 rings (SSSR count). The average Bonchev–Trinajstić information content (AvgIpc) is 3.32. The van der Waals surface area contributed by atoms with E-state index in [2.05, 4.69) is 6.07 Å². The molecule has 166 valence electrons. The summed E-state index contributed by atoms with van der Waals surface area (Å²) >= 11 is 7.68. The second-order valence-electron chi connectivity index (χ2n) is 7.92. The highest BCUT2D eigenvalue weighted by Crippen LogP contribution is 2.49. The monoisotopic (exact) mass is 485 g/mol. The van der Waals surface area contributed by atoms with E-state index in [4.69, 9.17) is 26.8 Å². The van der Waals surface area contributed by atoms with Crippen LogP contribution in [0.5, 0.6) is 11.5 Å². The number of fused-ring (bicyclic) bond motifs is 3. The summed E-state index contributed by atoms with van der Waals surface area (Å²) < 4.78 is 11.8. The number of nitrogens with zero attached hydrogens (tertiary/aromatic N) is 2. The molecule has 1 aromatic heterocycles. The van der Waals surface area contributed by atoms with Crippen LogP contribution in [0.15, 0.2) is 82.9 Å². The zero-order valence-electron chi connectivity index (χ0n) is 17.6. The number of nitrogens with two attached hydrogens (primary N) is 1. The Balaban J connectivity index is 1.71. The molecule has 6 nitrogen and oxygen atoms in total. The van der Waals surface area contributed by atoms with Crippen LogP contribution in [-0.4, -0.2) is 6.79 Å². The van der Waals surface area contributed by atoms with Gasteiger partial charge in [-0.15, -0.1) is 11.3 Å². The molecule has 0 fully saturated rings. The molecule has 0 spiro atoms. The van der Waals surface area contributed by atoms with Crippen LogP contribution in [-0.2, 0) is 0 Å². The summed E-state index contributed by atoms with van der Waals surface area (Å²) in [6.45, 7) is 0.128. The third-order valence-corrected chi connectivity index (χ3v) is 7.44. The Morgan fingerprint density at radius 2 is 1.85 bits per heavy atom. The molecule has 2 aliphatic rings. The van der Waals surface area contributed by atoms with Crippen LogP contribution in [0.3, 0.4) is 0 Å². The van der Waals surface area contributed by atoms with Gasteiger partial charge in [-0.05, 0) is 48.0 Å². The SMILES string of the molecule is N#CC1=C(N)N(c2ccccc2)c2sc3ccc(Cl)cc3c(=O)c2C1c1ccc2c(c1)OCO2. The number of benzene rings is 3. The Bertz CT molecular complexity index is 1610. The zero-order valence-corrected chi connectivity index (χ0v) is 19.2. The molecule has 3 aromatic carbocycles. The normalized spacial score (nSPS) is 16.5. The quantitative estimate of drug-likeness (QED) is 0.396. The largest absolute Gasteiger partial charge is 0.454 e. The number of para-hydroxylation sites is 1. The molecule has 0 bridgehead atoms. The van der Waals surface area contributed by atoms with Gasteiger partial charge in [0.1, 0.15) is 10.8 Å². The summed E-state index contributed by atoms with van der Waals surface area (Å²) in [5.74, 6) is 0.811. The van der Waals surface area contributed by atoms with E-state index < -0.39 is 5.92 Å². The highest BCUT2D eigenvalue weighted by molar-refractivity contribution is 7.22. The van der Waals surface area contributed by atoms with Crippen molar-refractivity contribution in [2.75, 3.05) is 11.7 Å². The Morgan fingerprint density at radius 1 is 1.06 bits per heavy atom. The van der Waals surface area contributed by atoms with E-state index in [1.165, 1.54) is 11.3 Å². The summed E-state index contributed by atoms with van der Waals surface area (Å²) in [7, 11) is 0. The lowest BCUT2D eigenvalue weighted by atomic mass is 9.83. The molecule has 34 heavy (non-hydrogen) atoms. The van der Waals surface area contributed by atoms with E-state index in [1.807, 2.05) is 48.5 Å². The van der Waals surface area contributed by atoms with Gasteiger partial charge in [0.15, 0.2) is 16.9 Å². The van der Waals surface area contributed by atoms with Crippen LogP contribution in [0, 0.1) is 11.3 Å². The molecule has 1 unspecified atom stereocenters. The molecule has 0 radical (unpaired) electrons. The Morgan fingerprint density at radius 3 is 2.65 bits per heavy atom. The Hall–Kier alpha value is -3.99. The van der Waals surface area contributed by atoms with Gasteiger partial charge in [-0.3, -0.25) is 9.69 Å². The second-order valence-corrected chi connectivity index (χ2v) is 9.38. The minimum absolute atomic E-state index is 0.128. The van der Waals surface area contributed by atoms with Crippen molar-refractivity contribution >= 4 is 43.7 Å². The van der Waals surface area contributed by atoms with Gasteiger partial charge < -0.3 is 15.2 Å². The number of ether oxygens (including phenoxy) is 2. The fraction of sp³-hybridized carbons (Fsp3) is 0.0769. The molecular weight excluding hydrogens is 470 g/mol. The van der Waals surface area contributed by atoms with E-state index in [0.717, 1.165) is 16.0 Å². The number of rotatable bonds is 2. The van der Waals surface area contributed by atoms with Gasteiger partial charge >= 0.3 is 0 Å². The van der Waals surface area contributed by atoms with Crippen LogP contribution >= 0.6 is 22.9 Å². The first-order chi connectivity index (χ1) is 16.6. The van der Waals surface area contributed by atoms with Crippen LogP contribution < -0.4 is 25.5 Å². The number of anilines is 2. The first-order valence-corrected chi connectivity index (χ1v) is 11.7. The number of hydrogen-bond acceptors (Lipinski definition) is 7. The van der Waals surface area contributed by atoms with E-state index >= 15 is 0 Å². The molecule has 0 saturated carbocycles. The predicted molar refractivity (Wildman–Crippen MR) is 133 cm³/mol. The van der Waals surface area contributed by atoms with E-state index in [1.54, 1.807) is 23.1 Å². The maximum atomic E-state index is 14.0. The summed E-state index contributed by atoms with van der Waals surface area (Å²) in [6, 6.07) is 22.5. The van der Waals surface area contributed by atoms with Crippen LogP contribution in [0.25, 0.3) is 10.1 Å². The number of nitriles is 1. The van der Waals surface area contributed by atoms with E-state index in [-0.39, 0.29) is 18.0 Å². The van der Waals surface area contributed by atoms with E-state index in [0.29, 0.717) is 38.0 Å². The molecule has 0 aliphatic carbocycles. The van der Waals surface area contributed by atoms with Crippen molar-refractivity contribution in [3.63, 3.8) is 0 Å². The summed E-state index contributed by atoms with van der Waals surface area (Å²) in [5.41, 5.74) is 8.73. The van der Waals surface area contributed by atoms with Crippen molar-refractivity contribution in [2.45, 2.75) is 5.92 Å². The van der Waals surface area contributed by atoms with Crippen LogP contribution in [0.4, 0.5) is 10.7 Å². The van der Waals surface area contributed by atoms with Gasteiger partial charge in [-0.2, -0.15) is 5.26 Å². The third kappa shape index (κ3) is 3.04. The molecular formula is C26H16ClN3O3S. The fourth-order valence-electron chi connectivity index (χ4n) is 4.49. The first kappa shape index (κ1) is 20.6. The van der Waals surface area contributed by atoms with Gasteiger partial charge in [0.05, 0.1) is 17.6 Å². The first-order valence-electron chi connectivity index (χ1n) is 10.5. The van der Waals surface area contributed by atoms with Crippen molar-refractivity contribution in [1.29, 1.82) is 5.26 Å². The van der Waals surface area contributed by atoms with Gasteiger partial charge in [-0.25, -0.2) is 0 Å². The predicted octanol–water partition coefficient (Wildman–Crippen LogP) is 5.62. The van der Waals surface area contributed by atoms with Gasteiger partial charge in [0, 0.05) is 26.4 Å². The van der Waals surface area contributed by atoms with Crippen molar-refractivity contribution in [2.24, 2.45) is 5.73 Å². The van der Waals surface area contributed by atoms with Gasteiger partial charge in [0.25, 0.3) is 0 Å². The highest BCUT2D eigenvalue weighted by atomic mass is 35.5. The molecule has 2 N–H and O–H groups in total. The average molecular weight is 486 g/mol. The topological polar surface area (TPSA) is 88.6 Å². The summed E-state index contributed by atoms with van der Waals surface area (Å²) in [6.07, 6.45) is 0. The maximum absolute atomic E-state index is 14.0. The minimum atomic E-state index is -0.665. The Kier molecular flexibility index (Phi) is 4.73. The molecule has 2 aliphatic heterocycles. The molecule has 0 saturated heterocycles. The van der Waals surface area contributed by atoms with Crippen molar-refractivity contribution in [3.05, 3.63) is 104 Å². The molecule has 3 heterocycles. The van der Waals surface area contributed by atoms with Gasteiger partial charge in [-0.1, -0.05) is 35.9 Å². The van der Waals surface area contributed by atoms with Crippen molar-refractivity contribution in [3.8, 4) is 17.6 Å². The highest BCUT2D eigenvalue weighted by Gasteiger charge is 2.37. The number of halogens is 1. The maximum Gasteiger partial charge on any atom is 0.231 e. The lowest BCUT2D eigenvalue weighted by Crippen LogP contribution is -2.34. The number of allylic oxidation sites excluding steroid dienone is 1. The molecule has 4 aromatic rings. The summed E-state index contributed by atoms with van der Waals surface area (Å²) in [4.78, 5) is 15.8. The van der Waals surface area contributed by atoms with E-state index in [9.17, 15) is 10.1 Å². The Labute approximate surface area is 203 Å². The molecule has 8 heteroatoms. The second kappa shape index (κ2) is 7.80. The minimum Gasteiger partial charge on any atom is -0.454 e. The molecule has 1 atom stereocenters. The lowest BCUT2D eigenvalue weighted by molar-refractivity contribution is 0.174.